The fourth-order valence-corrected chi connectivity index (χ4v) is 2.10. The lowest BCUT2D eigenvalue weighted by atomic mass is 10.1. The van der Waals surface area contributed by atoms with Crippen LogP contribution in [0.5, 0.6) is 0 Å². The molecule has 0 unspecified atom stereocenters. The van der Waals surface area contributed by atoms with Gasteiger partial charge in [0.15, 0.2) is 12.2 Å². The number of benzene rings is 2. The number of amides is 1. The van der Waals surface area contributed by atoms with Gasteiger partial charge in [-0.2, -0.15) is 0 Å². The van der Waals surface area contributed by atoms with Gasteiger partial charge >= 0.3 is 0 Å². The lowest BCUT2D eigenvalue weighted by molar-refractivity contribution is 0.102. The number of hydrogen-bond acceptors (Lipinski definition) is 3. The van der Waals surface area contributed by atoms with Gasteiger partial charge < -0.3 is 9.73 Å². The van der Waals surface area contributed by atoms with Gasteiger partial charge in [0.05, 0.1) is 6.20 Å². The highest BCUT2D eigenvalue weighted by atomic mass is 16.3. The SMILES string of the molecule is Cc1ccccc1C(=O)Nc1ccc(-c2cnco2)cc1. The number of aromatic nitrogens is 1. The Kier molecular flexibility index (Phi) is 3.51. The molecule has 4 nitrogen and oxygen atoms in total. The number of rotatable bonds is 3. The van der Waals surface area contributed by atoms with Gasteiger partial charge in [-0.1, -0.05) is 18.2 Å². The zero-order valence-corrected chi connectivity index (χ0v) is 11.5. The number of aryl methyl sites for hydroxylation is 1. The molecule has 1 aromatic heterocycles. The summed E-state index contributed by atoms with van der Waals surface area (Å²) < 4.78 is 5.23. The van der Waals surface area contributed by atoms with E-state index in [1.807, 2.05) is 55.5 Å². The van der Waals surface area contributed by atoms with Crippen LogP contribution in [0.4, 0.5) is 5.69 Å². The summed E-state index contributed by atoms with van der Waals surface area (Å²) in [6.45, 7) is 1.92. The second kappa shape index (κ2) is 5.63. The molecule has 21 heavy (non-hydrogen) atoms. The fourth-order valence-electron chi connectivity index (χ4n) is 2.10. The number of oxazole rings is 1. The van der Waals surface area contributed by atoms with Crippen LogP contribution in [0.2, 0.25) is 0 Å². The molecule has 1 heterocycles. The van der Waals surface area contributed by atoms with Gasteiger partial charge in [0.1, 0.15) is 0 Å². The minimum absolute atomic E-state index is 0.111. The van der Waals surface area contributed by atoms with Crippen molar-refractivity contribution in [1.29, 1.82) is 0 Å². The number of carbonyl (C=O) groups excluding carboxylic acids is 1. The molecule has 0 bridgehead atoms. The summed E-state index contributed by atoms with van der Waals surface area (Å²) in [6, 6.07) is 15.0. The van der Waals surface area contributed by atoms with E-state index in [0.29, 0.717) is 11.3 Å². The lowest BCUT2D eigenvalue weighted by Gasteiger charge is -2.07. The maximum absolute atomic E-state index is 12.2. The van der Waals surface area contributed by atoms with Gasteiger partial charge in [-0.15, -0.1) is 0 Å². The van der Waals surface area contributed by atoms with Gasteiger partial charge in [-0.05, 0) is 42.8 Å². The summed E-state index contributed by atoms with van der Waals surface area (Å²) >= 11 is 0. The molecule has 2 aromatic carbocycles. The van der Waals surface area contributed by atoms with Crippen molar-refractivity contribution in [3.8, 4) is 11.3 Å². The number of hydrogen-bond donors (Lipinski definition) is 1. The standard InChI is InChI=1S/C17H14N2O2/c1-12-4-2-3-5-15(12)17(20)19-14-8-6-13(7-9-14)16-10-18-11-21-16/h2-11H,1H3,(H,19,20). The first-order chi connectivity index (χ1) is 10.2. The summed E-state index contributed by atoms with van der Waals surface area (Å²) in [5.74, 6) is 0.590. The van der Waals surface area contributed by atoms with Crippen LogP contribution < -0.4 is 5.32 Å². The van der Waals surface area contributed by atoms with E-state index in [-0.39, 0.29) is 5.91 Å². The van der Waals surface area contributed by atoms with Gasteiger partial charge in [0, 0.05) is 16.8 Å². The molecule has 1 N–H and O–H groups in total. The Morgan fingerprint density at radius 1 is 1.10 bits per heavy atom. The molecule has 1 amide bonds. The Hall–Kier alpha value is -2.88. The molecule has 0 spiro atoms. The summed E-state index contributed by atoms with van der Waals surface area (Å²) in [6.07, 6.45) is 3.05. The quantitative estimate of drug-likeness (QED) is 0.790. The Morgan fingerprint density at radius 2 is 1.86 bits per heavy atom. The summed E-state index contributed by atoms with van der Waals surface area (Å²) in [5.41, 5.74) is 3.29. The van der Waals surface area contributed by atoms with Gasteiger partial charge in [0.2, 0.25) is 0 Å². The largest absolute Gasteiger partial charge is 0.444 e. The monoisotopic (exact) mass is 278 g/mol. The summed E-state index contributed by atoms with van der Waals surface area (Å²) in [7, 11) is 0. The van der Waals surface area contributed by atoms with Gasteiger partial charge in [-0.3, -0.25) is 4.79 Å². The van der Waals surface area contributed by atoms with E-state index >= 15 is 0 Å². The number of carbonyl (C=O) groups is 1. The fraction of sp³-hybridized carbons (Fsp3) is 0.0588. The van der Waals surface area contributed by atoms with Crippen molar-refractivity contribution >= 4 is 11.6 Å². The average molecular weight is 278 g/mol. The molecule has 0 radical (unpaired) electrons. The third-order valence-corrected chi connectivity index (χ3v) is 3.25. The maximum Gasteiger partial charge on any atom is 0.255 e. The minimum atomic E-state index is -0.111. The van der Waals surface area contributed by atoms with Gasteiger partial charge in [0.25, 0.3) is 5.91 Å². The van der Waals surface area contributed by atoms with Crippen molar-refractivity contribution in [1.82, 2.24) is 4.98 Å². The van der Waals surface area contributed by atoms with Crippen LogP contribution in [0.3, 0.4) is 0 Å². The van der Waals surface area contributed by atoms with E-state index in [1.165, 1.54) is 6.39 Å². The molecule has 3 rings (SSSR count). The molecule has 0 atom stereocenters. The highest BCUT2D eigenvalue weighted by Gasteiger charge is 2.08. The second-order valence-electron chi connectivity index (χ2n) is 4.71. The molecule has 4 heteroatoms. The first-order valence-electron chi connectivity index (χ1n) is 6.60. The number of nitrogens with one attached hydrogen (secondary N) is 1. The molecule has 104 valence electrons. The first kappa shape index (κ1) is 13.1. The van der Waals surface area contributed by atoms with E-state index < -0.39 is 0 Å². The molecule has 0 aliphatic rings. The van der Waals surface area contributed by atoms with Crippen molar-refractivity contribution in [2.45, 2.75) is 6.92 Å². The second-order valence-corrected chi connectivity index (χ2v) is 4.71. The molecule has 0 saturated heterocycles. The predicted octanol–water partition coefficient (Wildman–Crippen LogP) is 3.90. The van der Waals surface area contributed by atoms with Crippen LogP contribution in [0.1, 0.15) is 15.9 Å². The van der Waals surface area contributed by atoms with Crippen LogP contribution in [0.25, 0.3) is 11.3 Å². The van der Waals surface area contributed by atoms with E-state index in [0.717, 1.165) is 16.8 Å². The van der Waals surface area contributed by atoms with E-state index in [2.05, 4.69) is 10.3 Å². The number of nitrogens with zero attached hydrogens (tertiary/aromatic N) is 1. The Labute approximate surface area is 122 Å². The highest BCUT2D eigenvalue weighted by Crippen LogP contribution is 2.21. The van der Waals surface area contributed by atoms with Gasteiger partial charge in [-0.25, -0.2) is 4.98 Å². The zero-order chi connectivity index (χ0) is 14.7. The molecule has 0 aliphatic heterocycles. The van der Waals surface area contributed by atoms with Crippen molar-refractivity contribution in [2.24, 2.45) is 0 Å². The van der Waals surface area contributed by atoms with Crippen LogP contribution in [-0.4, -0.2) is 10.9 Å². The zero-order valence-electron chi connectivity index (χ0n) is 11.5. The summed E-state index contributed by atoms with van der Waals surface area (Å²) in [5, 5.41) is 2.89. The number of anilines is 1. The Morgan fingerprint density at radius 3 is 2.52 bits per heavy atom. The molecule has 0 aliphatic carbocycles. The molecule has 3 aromatic rings. The van der Waals surface area contributed by atoms with Crippen molar-refractivity contribution in [2.75, 3.05) is 5.32 Å². The molecule has 0 saturated carbocycles. The summed E-state index contributed by atoms with van der Waals surface area (Å²) in [4.78, 5) is 16.1. The molecule has 0 fully saturated rings. The molecular formula is C17H14N2O2. The van der Waals surface area contributed by atoms with Crippen molar-refractivity contribution in [3.05, 3.63) is 72.2 Å². The van der Waals surface area contributed by atoms with Crippen LogP contribution in [-0.2, 0) is 0 Å². The normalized spacial score (nSPS) is 10.3. The smallest absolute Gasteiger partial charge is 0.255 e. The molecular weight excluding hydrogens is 264 g/mol. The Bertz CT molecular complexity index is 747. The Balaban J connectivity index is 1.77. The minimum Gasteiger partial charge on any atom is -0.444 e. The predicted molar refractivity (Wildman–Crippen MR) is 81.1 cm³/mol. The van der Waals surface area contributed by atoms with E-state index in [1.54, 1.807) is 6.20 Å². The van der Waals surface area contributed by atoms with E-state index in [9.17, 15) is 4.79 Å². The average Bonchev–Trinajstić information content (AvgIpc) is 3.02. The first-order valence-corrected chi connectivity index (χ1v) is 6.60. The topological polar surface area (TPSA) is 55.1 Å². The van der Waals surface area contributed by atoms with Crippen molar-refractivity contribution in [3.63, 3.8) is 0 Å². The highest BCUT2D eigenvalue weighted by molar-refractivity contribution is 6.05. The van der Waals surface area contributed by atoms with E-state index in [4.69, 9.17) is 4.42 Å². The third-order valence-electron chi connectivity index (χ3n) is 3.25. The van der Waals surface area contributed by atoms with Crippen LogP contribution in [0, 0.1) is 6.92 Å². The lowest BCUT2D eigenvalue weighted by Crippen LogP contribution is -2.13. The maximum atomic E-state index is 12.2. The van der Waals surface area contributed by atoms with Crippen LogP contribution >= 0.6 is 0 Å². The van der Waals surface area contributed by atoms with Crippen molar-refractivity contribution < 1.29 is 9.21 Å². The third kappa shape index (κ3) is 2.84. The van der Waals surface area contributed by atoms with Crippen LogP contribution in [0.15, 0.2) is 65.5 Å².